The average molecular weight is 533 g/mol. The number of rotatable bonds is 9. The second-order valence-electron chi connectivity index (χ2n) is 10.2. The summed E-state index contributed by atoms with van der Waals surface area (Å²) in [6, 6.07) is 10.1. The van der Waals surface area contributed by atoms with Crippen molar-refractivity contribution in [2.24, 2.45) is 5.92 Å². The zero-order chi connectivity index (χ0) is 27.2. The number of nitrogens with one attached hydrogen (secondary N) is 2. The molecule has 2 aromatic heterocycles. The monoisotopic (exact) mass is 532 g/mol. The zero-order valence-corrected chi connectivity index (χ0v) is 22.6. The van der Waals surface area contributed by atoms with Gasteiger partial charge in [-0.1, -0.05) is 12.1 Å². The normalized spacial score (nSPS) is 18.5. The van der Waals surface area contributed by atoms with Crippen molar-refractivity contribution >= 4 is 28.5 Å². The summed E-state index contributed by atoms with van der Waals surface area (Å²) in [6.07, 6.45) is 6.08. The lowest BCUT2D eigenvalue weighted by atomic mass is 9.85. The first-order valence-corrected chi connectivity index (χ1v) is 13.8. The van der Waals surface area contributed by atoms with E-state index in [1.165, 1.54) is 0 Å². The Kier molecular flexibility index (Phi) is 8.56. The van der Waals surface area contributed by atoms with Crippen LogP contribution in [0.4, 0.5) is 5.69 Å². The molecular formula is C30H36N4O5. The molecule has 206 valence electrons. The Morgan fingerprint density at radius 2 is 1.85 bits per heavy atom. The Bertz CT molecular complexity index is 1340. The summed E-state index contributed by atoms with van der Waals surface area (Å²) < 4.78 is 16.3. The van der Waals surface area contributed by atoms with Crippen LogP contribution in [-0.4, -0.2) is 47.7 Å². The number of aryl methyl sites for hydroxylation is 2. The molecular weight excluding hydrogens is 496 g/mol. The average Bonchev–Trinajstić information content (AvgIpc) is 2.96. The van der Waals surface area contributed by atoms with E-state index >= 15 is 0 Å². The van der Waals surface area contributed by atoms with E-state index < -0.39 is 0 Å². The molecule has 1 aliphatic carbocycles. The molecule has 1 amide bonds. The first-order chi connectivity index (χ1) is 19.0. The fourth-order valence-electron chi connectivity index (χ4n) is 5.29. The molecule has 1 aromatic carbocycles. The molecule has 0 unspecified atom stereocenters. The van der Waals surface area contributed by atoms with Crippen molar-refractivity contribution in [3.8, 4) is 11.5 Å². The highest BCUT2D eigenvalue weighted by molar-refractivity contribution is 6.02. The van der Waals surface area contributed by atoms with Crippen LogP contribution in [0.5, 0.6) is 11.5 Å². The van der Waals surface area contributed by atoms with Gasteiger partial charge in [-0.25, -0.2) is 0 Å². The van der Waals surface area contributed by atoms with Crippen LogP contribution < -0.4 is 20.1 Å². The van der Waals surface area contributed by atoms with Crippen LogP contribution in [0.2, 0.25) is 0 Å². The third-order valence-electron chi connectivity index (χ3n) is 7.40. The molecule has 0 saturated heterocycles. The van der Waals surface area contributed by atoms with Gasteiger partial charge in [0.2, 0.25) is 5.91 Å². The minimum absolute atomic E-state index is 0.0332. The molecule has 2 N–H and O–H groups in total. The van der Waals surface area contributed by atoms with E-state index in [2.05, 4.69) is 15.6 Å². The summed E-state index contributed by atoms with van der Waals surface area (Å²) in [7, 11) is 0. The lowest BCUT2D eigenvalue weighted by Crippen LogP contribution is -2.36. The Morgan fingerprint density at radius 3 is 2.64 bits per heavy atom. The number of hydrogen-bond acceptors (Lipinski definition) is 8. The summed E-state index contributed by atoms with van der Waals surface area (Å²) >= 11 is 0. The summed E-state index contributed by atoms with van der Waals surface area (Å²) in [5.74, 6) is 1.22. The lowest BCUT2D eigenvalue weighted by molar-refractivity contribution is -0.143. The number of esters is 1. The van der Waals surface area contributed by atoms with Crippen molar-refractivity contribution in [2.75, 3.05) is 25.1 Å². The van der Waals surface area contributed by atoms with Gasteiger partial charge in [-0.3, -0.25) is 19.6 Å². The number of anilines is 1. The van der Waals surface area contributed by atoms with Crippen molar-refractivity contribution in [1.29, 1.82) is 0 Å². The van der Waals surface area contributed by atoms with E-state index in [-0.39, 0.29) is 17.8 Å². The number of benzene rings is 1. The predicted molar refractivity (Wildman–Crippen MR) is 148 cm³/mol. The van der Waals surface area contributed by atoms with E-state index in [9.17, 15) is 9.59 Å². The standard InChI is InChI=1S/C30H36N4O5/c1-3-37-28(35)13-8-20-7-12-25(29-24(20)11-4-19(2)33-29)34-30(36)21-5-9-22(10-6-21)31-17-23-16-26-27(18-32-23)39-15-14-38-26/h4,7,11-12,16,18,21-22,31H,3,5-6,8-10,13-15,17H2,1-2H3,(H,34,36). The number of amides is 1. The molecule has 1 saturated carbocycles. The fourth-order valence-corrected chi connectivity index (χ4v) is 5.29. The van der Waals surface area contributed by atoms with Crippen molar-refractivity contribution in [2.45, 2.75) is 65.0 Å². The van der Waals surface area contributed by atoms with Gasteiger partial charge in [0.1, 0.15) is 13.2 Å². The SMILES string of the molecule is CCOC(=O)CCc1ccc(NC(=O)C2CCC(NCc3cc4c(cn3)OCCO4)CC2)c2nc(C)ccc12. The largest absolute Gasteiger partial charge is 0.486 e. The molecule has 39 heavy (non-hydrogen) atoms. The Balaban J connectivity index is 1.16. The van der Waals surface area contributed by atoms with Crippen molar-refractivity contribution in [1.82, 2.24) is 15.3 Å². The van der Waals surface area contributed by atoms with Crippen LogP contribution in [0, 0.1) is 12.8 Å². The molecule has 0 atom stereocenters. The topological polar surface area (TPSA) is 112 Å². The number of fused-ring (bicyclic) bond motifs is 2. The first kappa shape index (κ1) is 26.9. The second kappa shape index (κ2) is 12.4. The van der Waals surface area contributed by atoms with Gasteiger partial charge < -0.3 is 24.8 Å². The minimum atomic E-state index is -0.212. The number of carbonyl (C=O) groups excluding carboxylic acids is 2. The van der Waals surface area contributed by atoms with Crippen LogP contribution in [0.3, 0.4) is 0 Å². The summed E-state index contributed by atoms with van der Waals surface area (Å²) in [6.45, 7) is 5.88. The van der Waals surface area contributed by atoms with Gasteiger partial charge >= 0.3 is 5.97 Å². The maximum absolute atomic E-state index is 13.2. The van der Waals surface area contributed by atoms with Gasteiger partial charge in [0, 0.05) is 42.1 Å². The van der Waals surface area contributed by atoms with Crippen molar-refractivity contribution in [3.05, 3.63) is 53.5 Å². The lowest BCUT2D eigenvalue weighted by Gasteiger charge is -2.28. The molecule has 0 radical (unpaired) electrons. The first-order valence-electron chi connectivity index (χ1n) is 13.8. The van der Waals surface area contributed by atoms with Crippen LogP contribution >= 0.6 is 0 Å². The van der Waals surface area contributed by atoms with Crippen LogP contribution in [0.15, 0.2) is 36.5 Å². The highest BCUT2D eigenvalue weighted by Crippen LogP contribution is 2.31. The van der Waals surface area contributed by atoms with Gasteiger partial charge in [-0.05, 0) is 63.6 Å². The molecule has 2 aliphatic rings. The molecule has 9 heteroatoms. The molecule has 0 bridgehead atoms. The van der Waals surface area contributed by atoms with Crippen LogP contribution in [0.1, 0.15) is 56.0 Å². The smallest absolute Gasteiger partial charge is 0.306 e. The predicted octanol–water partition coefficient (Wildman–Crippen LogP) is 4.49. The molecule has 3 heterocycles. The Hall–Kier alpha value is -3.72. The van der Waals surface area contributed by atoms with Crippen molar-refractivity contribution in [3.63, 3.8) is 0 Å². The number of pyridine rings is 2. The van der Waals surface area contributed by atoms with Crippen LogP contribution in [0.25, 0.3) is 10.9 Å². The number of hydrogen-bond donors (Lipinski definition) is 2. The second-order valence-corrected chi connectivity index (χ2v) is 10.2. The van der Waals surface area contributed by atoms with Gasteiger partial charge in [0.05, 0.1) is 29.7 Å². The van der Waals surface area contributed by atoms with Crippen LogP contribution in [-0.2, 0) is 27.3 Å². The number of carbonyl (C=O) groups is 2. The highest BCUT2D eigenvalue weighted by Gasteiger charge is 2.27. The number of aromatic nitrogens is 2. The number of nitrogens with zero attached hydrogens (tertiary/aromatic N) is 2. The molecule has 9 nitrogen and oxygen atoms in total. The summed E-state index contributed by atoms with van der Waals surface area (Å²) in [4.78, 5) is 34.3. The molecule has 5 rings (SSSR count). The molecule has 0 spiro atoms. The van der Waals surface area contributed by atoms with Gasteiger partial charge in [-0.2, -0.15) is 0 Å². The Morgan fingerprint density at radius 1 is 1.05 bits per heavy atom. The van der Waals surface area contributed by atoms with E-state index in [0.29, 0.717) is 56.7 Å². The quantitative estimate of drug-likeness (QED) is 0.388. The maximum atomic E-state index is 13.2. The van der Waals surface area contributed by atoms with Gasteiger partial charge in [0.25, 0.3) is 0 Å². The highest BCUT2D eigenvalue weighted by atomic mass is 16.6. The van der Waals surface area contributed by atoms with Gasteiger partial charge in [0.15, 0.2) is 11.5 Å². The zero-order valence-electron chi connectivity index (χ0n) is 22.6. The third-order valence-corrected chi connectivity index (χ3v) is 7.40. The molecule has 1 aliphatic heterocycles. The minimum Gasteiger partial charge on any atom is -0.486 e. The van der Waals surface area contributed by atoms with E-state index in [1.54, 1.807) is 13.1 Å². The van der Waals surface area contributed by atoms with E-state index in [1.807, 2.05) is 37.3 Å². The van der Waals surface area contributed by atoms with Crippen molar-refractivity contribution < 1.29 is 23.8 Å². The maximum Gasteiger partial charge on any atom is 0.306 e. The molecule has 3 aromatic rings. The summed E-state index contributed by atoms with van der Waals surface area (Å²) in [5, 5.41) is 7.68. The van der Waals surface area contributed by atoms with E-state index in [4.69, 9.17) is 19.2 Å². The van der Waals surface area contributed by atoms with E-state index in [0.717, 1.165) is 59.3 Å². The summed E-state index contributed by atoms with van der Waals surface area (Å²) in [5.41, 5.74) is 4.28. The van der Waals surface area contributed by atoms with Gasteiger partial charge in [-0.15, -0.1) is 0 Å². The fraction of sp³-hybridized carbons (Fsp3) is 0.467. The number of ether oxygens (including phenoxy) is 3. The Labute approximate surface area is 228 Å². The molecule has 1 fully saturated rings. The third kappa shape index (κ3) is 6.65.